The summed E-state index contributed by atoms with van der Waals surface area (Å²) < 4.78 is 2.02. The van der Waals surface area contributed by atoms with Crippen LogP contribution in [0.5, 0.6) is 0 Å². The van der Waals surface area contributed by atoms with Gasteiger partial charge in [0.25, 0.3) is 0 Å². The molecule has 0 N–H and O–H groups in total. The maximum atomic E-state index is 4.20. The first-order valence-electron chi connectivity index (χ1n) is 5.25. The zero-order valence-corrected chi connectivity index (χ0v) is 10.2. The van der Waals surface area contributed by atoms with Gasteiger partial charge in [0.05, 0.1) is 0 Å². The molecule has 2 aromatic heterocycles. The first kappa shape index (κ1) is 11.1. The Labute approximate surface area is 99.1 Å². The molecule has 0 aliphatic rings. The molecular formula is C11H14N4S. The maximum absolute atomic E-state index is 4.20. The molecule has 0 bridgehead atoms. The van der Waals surface area contributed by atoms with Gasteiger partial charge in [-0.3, -0.25) is 4.98 Å². The Morgan fingerprint density at radius 2 is 2.00 bits per heavy atom. The predicted octanol–water partition coefficient (Wildman–Crippen LogP) is 2.38. The molecule has 2 heterocycles. The van der Waals surface area contributed by atoms with Crippen LogP contribution >= 0.6 is 11.8 Å². The van der Waals surface area contributed by atoms with E-state index in [0.29, 0.717) is 0 Å². The van der Waals surface area contributed by atoms with E-state index < -0.39 is 0 Å². The van der Waals surface area contributed by atoms with Crippen LogP contribution < -0.4 is 0 Å². The van der Waals surface area contributed by atoms with Gasteiger partial charge < -0.3 is 4.57 Å². The second-order valence-corrected chi connectivity index (χ2v) is 4.51. The van der Waals surface area contributed by atoms with Crippen LogP contribution in [-0.2, 0) is 7.05 Å². The molecule has 2 aromatic rings. The fraction of sp³-hybridized carbons (Fsp3) is 0.364. The van der Waals surface area contributed by atoms with Gasteiger partial charge in [-0.2, -0.15) is 0 Å². The van der Waals surface area contributed by atoms with Crippen molar-refractivity contribution in [2.24, 2.45) is 7.05 Å². The van der Waals surface area contributed by atoms with Crippen molar-refractivity contribution in [3.63, 3.8) is 0 Å². The SMILES string of the molecule is CCCSc1nnc(-c2ccncc2)n1C. The number of rotatable bonds is 4. The third kappa shape index (κ3) is 2.24. The fourth-order valence-corrected chi connectivity index (χ4v) is 2.15. The number of pyridine rings is 1. The molecule has 0 saturated carbocycles. The van der Waals surface area contributed by atoms with Gasteiger partial charge in [0.15, 0.2) is 11.0 Å². The zero-order chi connectivity index (χ0) is 11.4. The highest BCUT2D eigenvalue weighted by atomic mass is 32.2. The average molecular weight is 234 g/mol. The summed E-state index contributed by atoms with van der Waals surface area (Å²) in [6.07, 6.45) is 4.67. The number of aromatic nitrogens is 4. The van der Waals surface area contributed by atoms with Crippen LogP contribution in [-0.4, -0.2) is 25.5 Å². The molecule has 84 valence electrons. The molecule has 0 atom stereocenters. The highest BCUT2D eigenvalue weighted by Gasteiger charge is 2.09. The summed E-state index contributed by atoms with van der Waals surface area (Å²) in [7, 11) is 1.99. The molecule has 0 aliphatic heterocycles. The molecular weight excluding hydrogens is 220 g/mol. The van der Waals surface area contributed by atoms with E-state index in [1.165, 1.54) is 0 Å². The molecule has 0 unspecified atom stereocenters. The smallest absolute Gasteiger partial charge is 0.191 e. The van der Waals surface area contributed by atoms with E-state index in [1.54, 1.807) is 24.2 Å². The number of hydrogen-bond acceptors (Lipinski definition) is 4. The Kier molecular flexibility index (Phi) is 3.56. The molecule has 0 saturated heterocycles. The summed E-state index contributed by atoms with van der Waals surface area (Å²) in [4.78, 5) is 3.99. The summed E-state index contributed by atoms with van der Waals surface area (Å²) >= 11 is 1.74. The summed E-state index contributed by atoms with van der Waals surface area (Å²) in [5, 5.41) is 9.35. The number of hydrogen-bond donors (Lipinski definition) is 0. The quantitative estimate of drug-likeness (QED) is 0.762. The third-order valence-corrected chi connectivity index (χ3v) is 3.43. The summed E-state index contributed by atoms with van der Waals surface area (Å²) in [5.74, 6) is 1.96. The monoisotopic (exact) mass is 234 g/mol. The normalized spacial score (nSPS) is 10.6. The zero-order valence-electron chi connectivity index (χ0n) is 9.42. The Hall–Kier alpha value is -1.36. The molecule has 0 radical (unpaired) electrons. The van der Waals surface area contributed by atoms with Gasteiger partial charge in [-0.15, -0.1) is 10.2 Å². The Morgan fingerprint density at radius 3 is 2.69 bits per heavy atom. The highest BCUT2D eigenvalue weighted by molar-refractivity contribution is 7.99. The van der Waals surface area contributed by atoms with Crippen molar-refractivity contribution in [1.82, 2.24) is 19.7 Å². The van der Waals surface area contributed by atoms with Gasteiger partial charge >= 0.3 is 0 Å². The van der Waals surface area contributed by atoms with Crippen LogP contribution in [0.4, 0.5) is 0 Å². The van der Waals surface area contributed by atoms with Crippen molar-refractivity contribution in [3.8, 4) is 11.4 Å². The Balaban J connectivity index is 2.27. The van der Waals surface area contributed by atoms with Crippen LogP contribution in [0.25, 0.3) is 11.4 Å². The van der Waals surface area contributed by atoms with Crippen molar-refractivity contribution >= 4 is 11.8 Å². The van der Waals surface area contributed by atoms with Crippen LogP contribution in [0.2, 0.25) is 0 Å². The highest BCUT2D eigenvalue weighted by Crippen LogP contribution is 2.22. The van der Waals surface area contributed by atoms with Crippen LogP contribution in [0.15, 0.2) is 29.7 Å². The second kappa shape index (κ2) is 5.12. The lowest BCUT2D eigenvalue weighted by atomic mass is 10.2. The molecule has 4 nitrogen and oxygen atoms in total. The van der Waals surface area contributed by atoms with E-state index in [-0.39, 0.29) is 0 Å². The average Bonchev–Trinajstić information content (AvgIpc) is 2.69. The molecule has 0 aliphatic carbocycles. The predicted molar refractivity (Wildman–Crippen MR) is 65.2 cm³/mol. The fourth-order valence-electron chi connectivity index (χ4n) is 1.39. The van der Waals surface area contributed by atoms with Gasteiger partial charge in [0, 0.05) is 30.8 Å². The van der Waals surface area contributed by atoms with Gasteiger partial charge in [0.2, 0.25) is 0 Å². The third-order valence-electron chi connectivity index (χ3n) is 2.21. The molecule has 2 rings (SSSR count). The molecule has 0 spiro atoms. The van der Waals surface area contributed by atoms with Crippen molar-refractivity contribution in [2.45, 2.75) is 18.5 Å². The Morgan fingerprint density at radius 1 is 1.25 bits per heavy atom. The van der Waals surface area contributed by atoms with Gasteiger partial charge in [-0.1, -0.05) is 18.7 Å². The summed E-state index contributed by atoms with van der Waals surface area (Å²) in [5.41, 5.74) is 1.05. The molecule has 16 heavy (non-hydrogen) atoms. The summed E-state index contributed by atoms with van der Waals surface area (Å²) in [6.45, 7) is 2.16. The first-order valence-corrected chi connectivity index (χ1v) is 6.24. The largest absolute Gasteiger partial charge is 0.305 e. The summed E-state index contributed by atoms with van der Waals surface area (Å²) in [6, 6.07) is 3.89. The maximum Gasteiger partial charge on any atom is 0.191 e. The van der Waals surface area contributed by atoms with Crippen molar-refractivity contribution in [2.75, 3.05) is 5.75 Å². The van der Waals surface area contributed by atoms with E-state index in [0.717, 1.165) is 28.7 Å². The second-order valence-electron chi connectivity index (χ2n) is 3.45. The minimum Gasteiger partial charge on any atom is -0.305 e. The van der Waals surface area contributed by atoms with E-state index in [1.807, 2.05) is 23.7 Å². The van der Waals surface area contributed by atoms with Crippen LogP contribution in [0, 0.1) is 0 Å². The van der Waals surface area contributed by atoms with Crippen LogP contribution in [0.1, 0.15) is 13.3 Å². The lowest BCUT2D eigenvalue weighted by molar-refractivity contribution is 0.793. The van der Waals surface area contributed by atoms with E-state index in [9.17, 15) is 0 Å². The molecule has 5 heteroatoms. The number of thioether (sulfide) groups is 1. The minimum atomic E-state index is 0.890. The van der Waals surface area contributed by atoms with E-state index in [4.69, 9.17) is 0 Å². The molecule has 0 fully saturated rings. The number of nitrogens with zero attached hydrogens (tertiary/aromatic N) is 4. The minimum absolute atomic E-state index is 0.890. The lowest BCUT2D eigenvalue weighted by Crippen LogP contribution is -1.95. The van der Waals surface area contributed by atoms with Crippen molar-refractivity contribution < 1.29 is 0 Å². The molecule has 0 aromatic carbocycles. The van der Waals surface area contributed by atoms with Crippen molar-refractivity contribution in [1.29, 1.82) is 0 Å². The van der Waals surface area contributed by atoms with Gasteiger partial charge in [0.1, 0.15) is 0 Å². The first-order chi connectivity index (χ1) is 7.83. The topological polar surface area (TPSA) is 43.6 Å². The standard InChI is InChI=1S/C11H14N4S/c1-3-8-16-11-14-13-10(15(11)2)9-4-6-12-7-5-9/h4-7H,3,8H2,1-2H3. The van der Waals surface area contributed by atoms with Crippen molar-refractivity contribution in [3.05, 3.63) is 24.5 Å². The molecule has 0 amide bonds. The lowest BCUT2D eigenvalue weighted by Gasteiger charge is -2.02. The van der Waals surface area contributed by atoms with Gasteiger partial charge in [-0.25, -0.2) is 0 Å². The Bertz CT molecular complexity index is 452. The van der Waals surface area contributed by atoms with E-state index in [2.05, 4.69) is 22.1 Å². The van der Waals surface area contributed by atoms with Gasteiger partial charge in [-0.05, 0) is 18.6 Å². The van der Waals surface area contributed by atoms with E-state index >= 15 is 0 Å². The van der Waals surface area contributed by atoms with Crippen LogP contribution in [0.3, 0.4) is 0 Å².